The molecule has 0 bridgehead atoms. The van der Waals surface area contributed by atoms with Gasteiger partial charge >= 0.3 is 0 Å². The zero-order valence-electron chi connectivity index (χ0n) is 14.2. The molecular weight excluding hydrogens is 284 g/mol. The van der Waals surface area contributed by atoms with E-state index in [4.69, 9.17) is 0 Å². The van der Waals surface area contributed by atoms with Crippen LogP contribution in [0.25, 0.3) is 0 Å². The Morgan fingerprint density at radius 1 is 1.13 bits per heavy atom. The Kier molecular flexibility index (Phi) is 3.74. The minimum Gasteiger partial charge on any atom is -0.301 e. The van der Waals surface area contributed by atoms with Crippen molar-refractivity contribution in [3.63, 3.8) is 0 Å². The molecule has 0 aliphatic carbocycles. The summed E-state index contributed by atoms with van der Waals surface area (Å²) in [6.07, 6.45) is 6.68. The molecule has 4 nitrogen and oxygen atoms in total. The summed E-state index contributed by atoms with van der Waals surface area (Å²) in [6, 6.07) is 11.8. The summed E-state index contributed by atoms with van der Waals surface area (Å²) >= 11 is 0. The van der Waals surface area contributed by atoms with Crippen molar-refractivity contribution < 1.29 is 0 Å². The third-order valence-electron chi connectivity index (χ3n) is 5.90. The summed E-state index contributed by atoms with van der Waals surface area (Å²) in [5, 5.41) is 4.30. The molecule has 23 heavy (non-hydrogen) atoms. The van der Waals surface area contributed by atoms with Crippen LogP contribution in [0.15, 0.2) is 42.7 Å². The third kappa shape index (κ3) is 2.60. The molecule has 3 heterocycles. The molecular formula is C19H26N4. The number of hydrogen-bond acceptors (Lipinski definition) is 3. The van der Waals surface area contributed by atoms with Crippen LogP contribution in [0.3, 0.4) is 0 Å². The zero-order chi connectivity index (χ0) is 15.9. The average molecular weight is 310 g/mol. The smallest absolute Gasteiger partial charge is 0.0534 e. The normalized spacial score (nSPS) is 28.9. The number of likely N-dealkylation sites (N-methyl/N-ethyl adjacent to an activating group) is 1. The second-order valence-electron chi connectivity index (χ2n) is 7.28. The highest BCUT2D eigenvalue weighted by molar-refractivity contribution is 5.31. The number of likely N-dealkylation sites (tertiary alicyclic amines) is 2. The zero-order valence-corrected chi connectivity index (χ0v) is 14.2. The van der Waals surface area contributed by atoms with E-state index in [2.05, 4.69) is 58.5 Å². The quantitative estimate of drug-likeness (QED) is 0.869. The second-order valence-corrected chi connectivity index (χ2v) is 7.28. The SMILES string of the molecule is CN1CCC2(c3ccccc3)CCN(Cc3cnn(C)c3)CC12. The van der Waals surface area contributed by atoms with Crippen molar-refractivity contribution in [2.24, 2.45) is 7.05 Å². The molecule has 2 aliphatic heterocycles. The van der Waals surface area contributed by atoms with Crippen LogP contribution in [0.2, 0.25) is 0 Å². The summed E-state index contributed by atoms with van der Waals surface area (Å²) < 4.78 is 1.90. The molecule has 4 heteroatoms. The number of aromatic nitrogens is 2. The molecule has 0 spiro atoms. The highest BCUT2D eigenvalue weighted by Gasteiger charge is 2.49. The number of benzene rings is 1. The van der Waals surface area contributed by atoms with Crippen LogP contribution in [0, 0.1) is 0 Å². The van der Waals surface area contributed by atoms with Gasteiger partial charge in [0.25, 0.3) is 0 Å². The second kappa shape index (κ2) is 5.77. The van der Waals surface area contributed by atoms with Crippen molar-refractivity contribution in [2.75, 3.05) is 26.7 Å². The van der Waals surface area contributed by atoms with Crippen molar-refractivity contribution in [3.05, 3.63) is 53.9 Å². The molecule has 122 valence electrons. The Morgan fingerprint density at radius 2 is 1.91 bits per heavy atom. The van der Waals surface area contributed by atoms with Crippen molar-refractivity contribution in [1.82, 2.24) is 19.6 Å². The maximum Gasteiger partial charge on any atom is 0.0534 e. The van der Waals surface area contributed by atoms with Crippen molar-refractivity contribution in [1.29, 1.82) is 0 Å². The number of nitrogens with zero attached hydrogens (tertiary/aromatic N) is 4. The third-order valence-corrected chi connectivity index (χ3v) is 5.90. The number of aryl methyl sites for hydroxylation is 1. The molecule has 0 N–H and O–H groups in total. The first kappa shape index (κ1) is 14.9. The first-order valence-electron chi connectivity index (χ1n) is 8.63. The van der Waals surface area contributed by atoms with Gasteiger partial charge in [0.2, 0.25) is 0 Å². The van der Waals surface area contributed by atoms with E-state index in [9.17, 15) is 0 Å². The lowest BCUT2D eigenvalue weighted by molar-refractivity contribution is 0.0917. The summed E-state index contributed by atoms with van der Waals surface area (Å²) in [5.74, 6) is 0. The molecule has 0 radical (unpaired) electrons. The number of fused-ring (bicyclic) bond motifs is 1. The van der Waals surface area contributed by atoms with Gasteiger partial charge in [-0.3, -0.25) is 9.58 Å². The van der Waals surface area contributed by atoms with Gasteiger partial charge in [-0.15, -0.1) is 0 Å². The van der Waals surface area contributed by atoms with Gasteiger partial charge in [-0.25, -0.2) is 0 Å². The molecule has 2 aromatic rings. The summed E-state index contributed by atoms with van der Waals surface area (Å²) in [7, 11) is 4.29. The first-order valence-corrected chi connectivity index (χ1v) is 8.63. The van der Waals surface area contributed by atoms with Gasteiger partial charge in [0.15, 0.2) is 0 Å². The topological polar surface area (TPSA) is 24.3 Å². The molecule has 1 aromatic heterocycles. The lowest BCUT2D eigenvalue weighted by atomic mass is 9.69. The van der Waals surface area contributed by atoms with Gasteiger partial charge in [0.05, 0.1) is 6.20 Å². The highest BCUT2D eigenvalue weighted by atomic mass is 15.3. The van der Waals surface area contributed by atoms with Gasteiger partial charge in [0, 0.05) is 43.4 Å². The van der Waals surface area contributed by atoms with E-state index in [-0.39, 0.29) is 0 Å². The van der Waals surface area contributed by atoms with Crippen LogP contribution in [0.4, 0.5) is 0 Å². The number of piperidine rings is 1. The Bertz CT molecular complexity index is 665. The molecule has 0 amide bonds. The number of rotatable bonds is 3. The summed E-state index contributed by atoms with van der Waals surface area (Å²) in [5.41, 5.74) is 3.21. The fraction of sp³-hybridized carbons (Fsp3) is 0.526. The van der Waals surface area contributed by atoms with Crippen molar-refractivity contribution in [3.8, 4) is 0 Å². The predicted molar refractivity (Wildman–Crippen MR) is 92.3 cm³/mol. The maximum atomic E-state index is 4.30. The van der Waals surface area contributed by atoms with Gasteiger partial charge in [0.1, 0.15) is 0 Å². The van der Waals surface area contributed by atoms with E-state index < -0.39 is 0 Å². The first-order chi connectivity index (χ1) is 11.2. The molecule has 4 rings (SSSR count). The van der Waals surface area contributed by atoms with Gasteiger partial charge in [-0.05, 0) is 38.5 Å². The van der Waals surface area contributed by atoms with Crippen LogP contribution in [0.5, 0.6) is 0 Å². The molecule has 2 aliphatic rings. The Hall–Kier alpha value is -1.65. The molecule has 2 saturated heterocycles. The predicted octanol–water partition coefficient (Wildman–Crippen LogP) is 2.27. The van der Waals surface area contributed by atoms with E-state index in [0.29, 0.717) is 11.5 Å². The van der Waals surface area contributed by atoms with Gasteiger partial charge in [-0.1, -0.05) is 30.3 Å². The molecule has 2 atom stereocenters. The van der Waals surface area contributed by atoms with E-state index in [1.165, 1.54) is 37.1 Å². The number of hydrogen-bond donors (Lipinski definition) is 0. The van der Waals surface area contributed by atoms with Crippen molar-refractivity contribution >= 4 is 0 Å². The summed E-state index contributed by atoms with van der Waals surface area (Å²) in [6.45, 7) is 4.55. The Morgan fingerprint density at radius 3 is 2.65 bits per heavy atom. The lowest BCUT2D eigenvalue weighted by Gasteiger charge is -2.46. The molecule has 1 aromatic carbocycles. The van der Waals surface area contributed by atoms with Gasteiger partial charge in [-0.2, -0.15) is 5.10 Å². The van der Waals surface area contributed by atoms with E-state index >= 15 is 0 Å². The molecule has 2 unspecified atom stereocenters. The highest BCUT2D eigenvalue weighted by Crippen LogP contribution is 2.45. The molecule has 2 fully saturated rings. The van der Waals surface area contributed by atoms with Crippen LogP contribution >= 0.6 is 0 Å². The maximum absolute atomic E-state index is 4.30. The summed E-state index contributed by atoms with van der Waals surface area (Å²) in [4.78, 5) is 5.17. The lowest BCUT2D eigenvalue weighted by Crippen LogP contribution is -2.54. The minimum atomic E-state index is 0.349. The Balaban J connectivity index is 1.55. The largest absolute Gasteiger partial charge is 0.301 e. The van der Waals surface area contributed by atoms with Gasteiger partial charge < -0.3 is 4.90 Å². The van der Waals surface area contributed by atoms with Crippen LogP contribution in [-0.4, -0.2) is 52.3 Å². The van der Waals surface area contributed by atoms with E-state index in [1.807, 2.05) is 17.9 Å². The standard InChI is InChI=1S/C19H26N4/c1-21-10-8-19(17-6-4-3-5-7-17)9-11-23(15-18(19)21)14-16-12-20-22(2)13-16/h3-7,12-13,18H,8-11,14-15H2,1-2H3. The van der Waals surface area contributed by atoms with Crippen molar-refractivity contribution in [2.45, 2.75) is 30.8 Å². The minimum absolute atomic E-state index is 0.349. The van der Waals surface area contributed by atoms with E-state index in [1.54, 1.807) is 0 Å². The fourth-order valence-corrected chi connectivity index (χ4v) is 4.63. The van der Waals surface area contributed by atoms with Crippen LogP contribution in [0.1, 0.15) is 24.0 Å². The molecule has 0 saturated carbocycles. The van der Waals surface area contributed by atoms with Crippen LogP contribution < -0.4 is 0 Å². The van der Waals surface area contributed by atoms with E-state index in [0.717, 1.165) is 13.1 Å². The monoisotopic (exact) mass is 310 g/mol. The van der Waals surface area contributed by atoms with Crippen LogP contribution in [-0.2, 0) is 19.0 Å². The average Bonchev–Trinajstić information content (AvgIpc) is 3.13. The Labute approximate surface area is 138 Å². The fourth-order valence-electron chi connectivity index (χ4n) is 4.63.